The smallest absolute Gasteiger partial charge is 0.315 e. The van der Waals surface area contributed by atoms with Crippen molar-refractivity contribution in [1.29, 1.82) is 0 Å². The number of rotatable bonds is 9. The van der Waals surface area contributed by atoms with E-state index in [1.807, 2.05) is 20.8 Å². The summed E-state index contributed by atoms with van der Waals surface area (Å²) in [6, 6.07) is -1.33. The summed E-state index contributed by atoms with van der Waals surface area (Å²) in [6.07, 6.45) is 3.45. The average Bonchev–Trinajstić information content (AvgIpc) is 2.26. The van der Waals surface area contributed by atoms with Gasteiger partial charge < -0.3 is 20.5 Å². The Morgan fingerprint density at radius 2 is 1.55 bits per heavy atom. The van der Waals surface area contributed by atoms with Gasteiger partial charge in [-0.15, -0.1) is 0 Å². The van der Waals surface area contributed by atoms with Gasteiger partial charge in [0.1, 0.15) is 0 Å². The first-order valence-corrected chi connectivity index (χ1v) is 7.50. The normalized spacial score (nSPS) is 14.2. The van der Waals surface area contributed by atoms with Crippen LogP contribution in [0.4, 0.5) is 4.79 Å². The van der Waals surface area contributed by atoms with Gasteiger partial charge in [0.25, 0.3) is 0 Å². The molecule has 2 amide bonds. The SMILES string of the molecule is CC(C)CCC[C@H](C)NC(=O)N[C@@H](CC(C)C)C(=O)[O-]. The van der Waals surface area contributed by atoms with Gasteiger partial charge in [0.15, 0.2) is 0 Å². The molecule has 0 aromatic rings. The Labute approximate surface area is 122 Å². The third-order valence-electron chi connectivity index (χ3n) is 3.09. The highest BCUT2D eigenvalue weighted by molar-refractivity contribution is 5.81. The second-order valence-electron chi connectivity index (χ2n) is 6.34. The average molecular weight is 285 g/mol. The van der Waals surface area contributed by atoms with Gasteiger partial charge in [-0.3, -0.25) is 0 Å². The molecule has 0 heterocycles. The standard InChI is InChI=1S/C15H30N2O3/c1-10(2)7-6-8-12(5)16-15(20)17-13(14(18)19)9-11(3)4/h10-13H,6-9H2,1-5H3,(H,18,19)(H2,16,17,20)/p-1/t12-,13-/m0/s1. The van der Waals surface area contributed by atoms with Crippen LogP contribution >= 0.6 is 0 Å². The number of nitrogens with one attached hydrogen (secondary N) is 2. The van der Waals surface area contributed by atoms with E-state index in [1.165, 1.54) is 0 Å². The Morgan fingerprint density at radius 1 is 0.950 bits per heavy atom. The van der Waals surface area contributed by atoms with Crippen LogP contribution in [0, 0.1) is 11.8 Å². The van der Waals surface area contributed by atoms with E-state index in [4.69, 9.17) is 0 Å². The van der Waals surface area contributed by atoms with Crippen molar-refractivity contribution in [3.8, 4) is 0 Å². The molecule has 2 N–H and O–H groups in total. The minimum absolute atomic E-state index is 0.0372. The van der Waals surface area contributed by atoms with E-state index in [0.717, 1.165) is 19.3 Å². The minimum atomic E-state index is -1.23. The number of urea groups is 1. The lowest BCUT2D eigenvalue weighted by molar-refractivity contribution is -0.308. The summed E-state index contributed by atoms with van der Waals surface area (Å²) in [5.74, 6) is -0.396. The molecule has 0 aromatic carbocycles. The van der Waals surface area contributed by atoms with Crippen LogP contribution in [-0.2, 0) is 4.79 Å². The maximum atomic E-state index is 11.7. The number of carboxylic acids is 1. The van der Waals surface area contributed by atoms with Gasteiger partial charge in [-0.05, 0) is 31.6 Å². The molecule has 5 heteroatoms. The second kappa shape index (κ2) is 9.61. The van der Waals surface area contributed by atoms with E-state index >= 15 is 0 Å². The maximum absolute atomic E-state index is 11.7. The zero-order valence-electron chi connectivity index (χ0n) is 13.4. The molecule has 5 nitrogen and oxygen atoms in total. The summed E-state index contributed by atoms with van der Waals surface area (Å²) in [4.78, 5) is 22.7. The number of aliphatic carboxylic acids is 1. The summed E-state index contributed by atoms with van der Waals surface area (Å²) in [5.41, 5.74) is 0. The fraction of sp³-hybridized carbons (Fsp3) is 0.867. The molecule has 0 aromatic heterocycles. The zero-order valence-corrected chi connectivity index (χ0v) is 13.4. The topological polar surface area (TPSA) is 81.3 Å². The largest absolute Gasteiger partial charge is 0.548 e. The molecule has 0 spiro atoms. The Morgan fingerprint density at radius 3 is 2.00 bits per heavy atom. The maximum Gasteiger partial charge on any atom is 0.315 e. The molecule has 0 radical (unpaired) electrons. The van der Waals surface area contributed by atoms with Crippen molar-refractivity contribution in [3.63, 3.8) is 0 Å². The Kier molecular flexibility index (Phi) is 9.01. The monoisotopic (exact) mass is 285 g/mol. The molecule has 0 aliphatic heterocycles. The lowest BCUT2D eigenvalue weighted by atomic mass is 10.0. The highest BCUT2D eigenvalue weighted by Gasteiger charge is 2.16. The van der Waals surface area contributed by atoms with Crippen LogP contribution in [-0.4, -0.2) is 24.1 Å². The number of amides is 2. The molecule has 2 atom stereocenters. The quantitative estimate of drug-likeness (QED) is 0.676. The highest BCUT2D eigenvalue weighted by atomic mass is 16.4. The van der Waals surface area contributed by atoms with Crippen LogP contribution in [0.2, 0.25) is 0 Å². The Balaban J connectivity index is 4.08. The lowest BCUT2D eigenvalue weighted by Crippen LogP contribution is -2.52. The third kappa shape index (κ3) is 9.64. The van der Waals surface area contributed by atoms with Gasteiger partial charge in [0, 0.05) is 6.04 Å². The Bertz CT molecular complexity index is 303. The van der Waals surface area contributed by atoms with Crippen LogP contribution in [0.1, 0.15) is 60.3 Å². The number of carbonyl (C=O) groups is 2. The van der Waals surface area contributed by atoms with Crippen molar-refractivity contribution in [2.24, 2.45) is 11.8 Å². The van der Waals surface area contributed by atoms with Crippen LogP contribution in [0.3, 0.4) is 0 Å². The summed E-state index contributed by atoms with van der Waals surface area (Å²) in [6.45, 7) is 10.1. The molecule has 0 fully saturated rings. The summed E-state index contributed by atoms with van der Waals surface area (Å²) >= 11 is 0. The molecule has 0 saturated heterocycles. The van der Waals surface area contributed by atoms with Crippen molar-refractivity contribution >= 4 is 12.0 Å². The number of hydrogen-bond donors (Lipinski definition) is 2. The van der Waals surface area contributed by atoms with Gasteiger partial charge in [0.2, 0.25) is 0 Å². The van der Waals surface area contributed by atoms with E-state index in [9.17, 15) is 14.7 Å². The highest BCUT2D eigenvalue weighted by Crippen LogP contribution is 2.08. The first-order chi connectivity index (χ1) is 9.22. The van der Waals surface area contributed by atoms with E-state index in [1.54, 1.807) is 0 Å². The fourth-order valence-corrected chi connectivity index (χ4v) is 2.01. The van der Waals surface area contributed by atoms with Gasteiger partial charge in [-0.1, -0.05) is 40.5 Å². The van der Waals surface area contributed by atoms with Crippen molar-refractivity contribution in [3.05, 3.63) is 0 Å². The molecule has 0 unspecified atom stereocenters. The first kappa shape index (κ1) is 18.7. The molecule has 0 aliphatic carbocycles. The number of carboxylic acid groups (broad SMARTS) is 1. The number of hydrogen-bond acceptors (Lipinski definition) is 3. The summed E-state index contributed by atoms with van der Waals surface area (Å²) in [7, 11) is 0. The summed E-state index contributed by atoms with van der Waals surface area (Å²) in [5, 5.41) is 16.2. The van der Waals surface area contributed by atoms with Crippen molar-refractivity contribution in [1.82, 2.24) is 10.6 Å². The number of carbonyl (C=O) groups excluding carboxylic acids is 2. The minimum Gasteiger partial charge on any atom is -0.548 e. The van der Waals surface area contributed by atoms with Crippen molar-refractivity contribution in [2.75, 3.05) is 0 Å². The van der Waals surface area contributed by atoms with Crippen molar-refractivity contribution in [2.45, 2.75) is 72.4 Å². The van der Waals surface area contributed by atoms with Gasteiger partial charge in [-0.2, -0.15) is 0 Å². The van der Waals surface area contributed by atoms with Crippen molar-refractivity contribution < 1.29 is 14.7 Å². The van der Waals surface area contributed by atoms with E-state index in [0.29, 0.717) is 12.3 Å². The molecule has 0 saturated carbocycles. The van der Waals surface area contributed by atoms with Gasteiger partial charge >= 0.3 is 6.03 Å². The van der Waals surface area contributed by atoms with Gasteiger partial charge in [-0.25, -0.2) is 4.79 Å². The molecule has 0 rings (SSSR count). The molecule has 0 aliphatic rings. The van der Waals surface area contributed by atoms with Crippen LogP contribution in [0.15, 0.2) is 0 Å². The molecular formula is C15H29N2O3-. The fourth-order valence-electron chi connectivity index (χ4n) is 2.01. The molecule has 0 bridgehead atoms. The lowest BCUT2D eigenvalue weighted by Gasteiger charge is -2.23. The molecule has 20 heavy (non-hydrogen) atoms. The zero-order chi connectivity index (χ0) is 15.7. The third-order valence-corrected chi connectivity index (χ3v) is 3.09. The van der Waals surface area contributed by atoms with Crippen LogP contribution < -0.4 is 15.7 Å². The predicted octanol–water partition coefficient (Wildman–Crippen LogP) is 1.66. The van der Waals surface area contributed by atoms with Crippen LogP contribution in [0.5, 0.6) is 0 Å². The first-order valence-electron chi connectivity index (χ1n) is 7.50. The van der Waals surface area contributed by atoms with E-state index < -0.39 is 18.0 Å². The van der Waals surface area contributed by atoms with Crippen LogP contribution in [0.25, 0.3) is 0 Å². The summed E-state index contributed by atoms with van der Waals surface area (Å²) < 4.78 is 0. The molecule has 118 valence electrons. The molecular weight excluding hydrogens is 256 g/mol. The van der Waals surface area contributed by atoms with E-state index in [-0.39, 0.29) is 12.0 Å². The second-order valence-corrected chi connectivity index (χ2v) is 6.34. The predicted molar refractivity (Wildman–Crippen MR) is 78.1 cm³/mol. The van der Waals surface area contributed by atoms with E-state index in [2.05, 4.69) is 24.5 Å². The Hall–Kier alpha value is -1.26. The van der Waals surface area contributed by atoms with Gasteiger partial charge in [0.05, 0.1) is 12.0 Å².